The molecule has 1 rings (SSSR count). The number of carbonyl (C=O) groups is 1. The van der Waals surface area contributed by atoms with Crippen LogP contribution < -0.4 is 0 Å². The summed E-state index contributed by atoms with van der Waals surface area (Å²) in [6, 6.07) is 1.72. The Bertz CT molecular complexity index is 314. The first-order chi connectivity index (χ1) is 7.11. The highest BCUT2D eigenvalue weighted by atomic mass is 16.6. The van der Waals surface area contributed by atoms with Gasteiger partial charge in [-0.2, -0.15) is 0 Å². The molecule has 1 heterocycles. The lowest BCUT2D eigenvalue weighted by molar-refractivity contribution is 0.0154. The SMILES string of the molecule is Cc1ccoc1C(=O)OCCOC(C)C. The van der Waals surface area contributed by atoms with E-state index in [0.717, 1.165) is 5.56 Å². The highest BCUT2D eigenvalue weighted by molar-refractivity contribution is 5.87. The molecule has 0 amide bonds. The van der Waals surface area contributed by atoms with Crippen molar-refractivity contribution in [2.45, 2.75) is 26.9 Å². The predicted molar refractivity (Wildman–Crippen MR) is 54.8 cm³/mol. The summed E-state index contributed by atoms with van der Waals surface area (Å²) in [5.41, 5.74) is 0.782. The molecular formula is C11H16O4. The standard InChI is InChI=1S/C11H16O4/c1-8(2)13-6-7-15-11(12)10-9(3)4-5-14-10/h4-5,8H,6-7H2,1-3H3. The molecule has 0 aromatic carbocycles. The van der Waals surface area contributed by atoms with Gasteiger partial charge in [0.15, 0.2) is 0 Å². The smallest absolute Gasteiger partial charge is 0.374 e. The van der Waals surface area contributed by atoms with Crippen molar-refractivity contribution in [3.63, 3.8) is 0 Å². The summed E-state index contributed by atoms with van der Waals surface area (Å²) >= 11 is 0. The number of furan rings is 1. The van der Waals surface area contributed by atoms with E-state index in [4.69, 9.17) is 13.9 Å². The van der Waals surface area contributed by atoms with Gasteiger partial charge in [0.2, 0.25) is 5.76 Å². The number of esters is 1. The van der Waals surface area contributed by atoms with Crippen LogP contribution >= 0.6 is 0 Å². The van der Waals surface area contributed by atoms with Gasteiger partial charge in [0.1, 0.15) is 6.61 Å². The van der Waals surface area contributed by atoms with Crippen LogP contribution in [-0.4, -0.2) is 25.3 Å². The summed E-state index contributed by atoms with van der Waals surface area (Å²) in [4.78, 5) is 11.4. The molecule has 0 aliphatic carbocycles. The van der Waals surface area contributed by atoms with Crippen molar-refractivity contribution >= 4 is 5.97 Å². The normalized spacial score (nSPS) is 10.7. The van der Waals surface area contributed by atoms with Crippen molar-refractivity contribution in [1.82, 2.24) is 0 Å². The molecule has 15 heavy (non-hydrogen) atoms. The Hall–Kier alpha value is -1.29. The van der Waals surface area contributed by atoms with Crippen LogP contribution in [0.5, 0.6) is 0 Å². The van der Waals surface area contributed by atoms with Crippen LogP contribution in [0.15, 0.2) is 16.7 Å². The predicted octanol–water partition coefficient (Wildman–Crippen LogP) is 2.17. The van der Waals surface area contributed by atoms with Gasteiger partial charge in [-0.25, -0.2) is 4.79 Å². The molecule has 0 unspecified atom stereocenters. The number of ether oxygens (including phenoxy) is 2. The van der Waals surface area contributed by atoms with Crippen LogP contribution in [0.25, 0.3) is 0 Å². The highest BCUT2D eigenvalue weighted by Gasteiger charge is 2.13. The molecule has 4 nitrogen and oxygen atoms in total. The first-order valence-electron chi connectivity index (χ1n) is 4.94. The number of hydrogen-bond donors (Lipinski definition) is 0. The number of hydrogen-bond acceptors (Lipinski definition) is 4. The maximum Gasteiger partial charge on any atom is 0.374 e. The van der Waals surface area contributed by atoms with Gasteiger partial charge in [-0.05, 0) is 26.8 Å². The molecule has 0 spiro atoms. The minimum Gasteiger partial charge on any atom is -0.457 e. The largest absolute Gasteiger partial charge is 0.457 e. The van der Waals surface area contributed by atoms with Crippen molar-refractivity contribution in [3.05, 3.63) is 23.7 Å². The lowest BCUT2D eigenvalue weighted by Crippen LogP contribution is -2.13. The van der Waals surface area contributed by atoms with Crippen LogP contribution in [-0.2, 0) is 9.47 Å². The molecule has 0 aliphatic rings. The topological polar surface area (TPSA) is 48.7 Å². The zero-order valence-electron chi connectivity index (χ0n) is 9.28. The summed E-state index contributed by atoms with van der Waals surface area (Å²) < 4.78 is 15.2. The second kappa shape index (κ2) is 5.56. The molecule has 0 radical (unpaired) electrons. The number of aryl methyl sites for hydroxylation is 1. The molecule has 0 N–H and O–H groups in total. The van der Waals surface area contributed by atoms with Gasteiger partial charge >= 0.3 is 5.97 Å². The number of rotatable bonds is 5. The second-order valence-corrected chi connectivity index (χ2v) is 3.49. The Kier molecular flexibility index (Phi) is 4.37. The average molecular weight is 212 g/mol. The molecule has 0 bridgehead atoms. The van der Waals surface area contributed by atoms with E-state index in [9.17, 15) is 4.79 Å². The van der Waals surface area contributed by atoms with Crippen molar-refractivity contribution < 1.29 is 18.7 Å². The lowest BCUT2D eigenvalue weighted by atomic mass is 10.3. The fourth-order valence-electron chi connectivity index (χ4n) is 1.07. The monoisotopic (exact) mass is 212 g/mol. The summed E-state index contributed by atoms with van der Waals surface area (Å²) in [5, 5.41) is 0. The quantitative estimate of drug-likeness (QED) is 0.554. The molecule has 4 heteroatoms. The minimum absolute atomic E-state index is 0.147. The summed E-state index contributed by atoms with van der Waals surface area (Å²) in [7, 11) is 0. The van der Waals surface area contributed by atoms with E-state index < -0.39 is 5.97 Å². The Morgan fingerprint density at radius 3 is 2.73 bits per heavy atom. The first kappa shape index (κ1) is 11.8. The van der Waals surface area contributed by atoms with E-state index in [2.05, 4.69) is 0 Å². The zero-order chi connectivity index (χ0) is 11.3. The van der Waals surface area contributed by atoms with Gasteiger partial charge in [-0.1, -0.05) is 0 Å². The summed E-state index contributed by atoms with van der Waals surface area (Å²) in [6.45, 7) is 6.31. The van der Waals surface area contributed by atoms with Crippen LogP contribution in [0.4, 0.5) is 0 Å². The van der Waals surface area contributed by atoms with Crippen LogP contribution in [0, 0.1) is 6.92 Å². The molecule has 1 aromatic heterocycles. The molecule has 0 aliphatic heterocycles. The van der Waals surface area contributed by atoms with Gasteiger partial charge in [-0.3, -0.25) is 0 Å². The third kappa shape index (κ3) is 3.75. The zero-order valence-corrected chi connectivity index (χ0v) is 9.28. The van der Waals surface area contributed by atoms with E-state index in [1.54, 1.807) is 13.0 Å². The maximum atomic E-state index is 11.4. The van der Waals surface area contributed by atoms with E-state index in [-0.39, 0.29) is 18.5 Å². The molecule has 0 atom stereocenters. The third-order valence-corrected chi connectivity index (χ3v) is 1.82. The van der Waals surface area contributed by atoms with Crippen molar-refractivity contribution in [2.24, 2.45) is 0 Å². The average Bonchev–Trinajstić information content (AvgIpc) is 2.58. The number of carbonyl (C=O) groups excluding carboxylic acids is 1. The van der Waals surface area contributed by atoms with Crippen molar-refractivity contribution in [2.75, 3.05) is 13.2 Å². The van der Waals surface area contributed by atoms with Gasteiger partial charge in [0, 0.05) is 5.56 Å². The Balaban J connectivity index is 2.28. The molecule has 0 saturated carbocycles. The van der Waals surface area contributed by atoms with Gasteiger partial charge in [0.05, 0.1) is 19.0 Å². The van der Waals surface area contributed by atoms with E-state index in [1.165, 1.54) is 6.26 Å². The Morgan fingerprint density at radius 2 is 2.20 bits per heavy atom. The second-order valence-electron chi connectivity index (χ2n) is 3.49. The van der Waals surface area contributed by atoms with Gasteiger partial charge < -0.3 is 13.9 Å². The van der Waals surface area contributed by atoms with Crippen LogP contribution in [0.1, 0.15) is 30.0 Å². The molecule has 1 aromatic rings. The molecule has 0 fully saturated rings. The fraction of sp³-hybridized carbons (Fsp3) is 0.545. The van der Waals surface area contributed by atoms with Crippen molar-refractivity contribution in [1.29, 1.82) is 0 Å². The molecular weight excluding hydrogens is 196 g/mol. The minimum atomic E-state index is -0.440. The van der Waals surface area contributed by atoms with Gasteiger partial charge in [0.25, 0.3) is 0 Å². The van der Waals surface area contributed by atoms with E-state index >= 15 is 0 Å². The van der Waals surface area contributed by atoms with Crippen LogP contribution in [0.2, 0.25) is 0 Å². The van der Waals surface area contributed by atoms with Gasteiger partial charge in [-0.15, -0.1) is 0 Å². The van der Waals surface area contributed by atoms with E-state index in [0.29, 0.717) is 6.61 Å². The van der Waals surface area contributed by atoms with Crippen LogP contribution in [0.3, 0.4) is 0 Å². The first-order valence-corrected chi connectivity index (χ1v) is 4.94. The molecule has 84 valence electrons. The summed E-state index contributed by atoms with van der Waals surface area (Å²) in [6.07, 6.45) is 1.62. The fourth-order valence-corrected chi connectivity index (χ4v) is 1.07. The molecule has 0 saturated heterocycles. The maximum absolute atomic E-state index is 11.4. The van der Waals surface area contributed by atoms with Crippen molar-refractivity contribution in [3.8, 4) is 0 Å². The Labute approximate surface area is 89.2 Å². The highest BCUT2D eigenvalue weighted by Crippen LogP contribution is 2.09. The summed E-state index contributed by atoms with van der Waals surface area (Å²) in [5.74, 6) is -0.176. The lowest BCUT2D eigenvalue weighted by Gasteiger charge is -2.07. The Morgan fingerprint density at radius 1 is 1.47 bits per heavy atom. The van der Waals surface area contributed by atoms with E-state index in [1.807, 2.05) is 13.8 Å². The third-order valence-electron chi connectivity index (χ3n) is 1.82.